The van der Waals surface area contributed by atoms with Crippen LogP contribution >= 0.6 is 11.3 Å². The van der Waals surface area contributed by atoms with Crippen LogP contribution in [-0.2, 0) is 22.4 Å². The Bertz CT molecular complexity index is 849. The summed E-state index contributed by atoms with van der Waals surface area (Å²) in [6.07, 6.45) is 1.64. The Hall–Kier alpha value is -2.28. The van der Waals surface area contributed by atoms with Crippen LogP contribution in [0.4, 0.5) is 14.5 Å². The third-order valence-corrected chi connectivity index (χ3v) is 5.51. The molecule has 1 amide bonds. The summed E-state index contributed by atoms with van der Waals surface area (Å²) < 4.78 is 32.0. The van der Waals surface area contributed by atoms with Gasteiger partial charge >= 0.3 is 5.97 Å². The number of hydrogen-bond acceptors (Lipinski definition) is 4. The van der Waals surface area contributed by atoms with E-state index in [0.29, 0.717) is 11.5 Å². The van der Waals surface area contributed by atoms with Crippen molar-refractivity contribution in [3.05, 3.63) is 51.2 Å². The van der Waals surface area contributed by atoms with Gasteiger partial charge in [0.15, 0.2) is 6.10 Å². The molecule has 2 atom stereocenters. The van der Waals surface area contributed by atoms with Crippen molar-refractivity contribution in [2.75, 3.05) is 5.32 Å². The van der Waals surface area contributed by atoms with E-state index in [1.54, 1.807) is 5.38 Å². The SMILES string of the molecule is CC1CCc2c(C(=O)OC(C)C(=O)Nc3cc(F)ccc3F)csc2C1. The van der Waals surface area contributed by atoms with Crippen molar-refractivity contribution >= 4 is 28.9 Å². The van der Waals surface area contributed by atoms with E-state index in [2.05, 4.69) is 12.2 Å². The van der Waals surface area contributed by atoms with Crippen LogP contribution in [0, 0.1) is 17.6 Å². The first kappa shape index (κ1) is 18.5. The van der Waals surface area contributed by atoms with Gasteiger partial charge in [-0.15, -0.1) is 11.3 Å². The van der Waals surface area contributed by atoms with Gasteiger partial charge in [-0.05, 0) is 49.8 Å². The van der Waals surface area contributed by atoms with Crippen LogP contribution in [0.2, 0.25) is 0 Å². The molecule has 0 fully saturated rings. The van der Waals surface area contributed by atoms with Crippen LogP contribution < -0.4 is 5.32 Å². The Morgan fingerprint density at radius 3 is 2.88 bits per heavy atom. The third kappa shape index (κ3) is 3.93. The van der Waals surface area contributed by atoms with Crippen molar-refractivity contribution in [2.45, 2.75) is 39.2 Å². The molecule has 0 bridgehead atoms. The number of fused-ring (bicyclic) bond motifs is 1. The number of thiophene rings is 1. The number of amides is 1. The maximum Gasteiger partial charge on any atom is 0.340 e. The molecule has 4 nitrogen and oxygen atoms in total. The Morgan fingerprint density at radius 2 is 2.12 bits per heavy atom. The highest BCUT2D eigenvalue weighted by atomic mass is 32.1. The summed E-state index contributed by atoms with van der Waals surface area (Å²) in [6, 6.07) is 2.74. The average molecular weight is 379 g/mol. The molecule has 26 heavy (non-hydrogen) atoms. The van der Waals surface area contributed by atoms with E-state index in [1.807, 2.05) is 0 Å². The summed E-state index contributed by atoms with van der Waals surface area (Å²) >= 11 is 1.53. The van der Waals surface area contributed by atoms with Crippen LogP contribution in [0.3, 0.4) is 0 Å². The van der Waals surface area contributed by atoms with E-state index in [4.69, 9.17) is 4.74 Å². The summed E-state index contributed by atoms with van der Waals surface area (Å²) in [5.74, 6) is -2.14. The molecule has 0 saturated carbocycles. The third-order valence-electron chi connectivity index (χ3n) is 4.46. The van der Waals surface area contributed by atoms with Gasteiger partial charge in [0.05, 0.1) is 11.3 Å². The van der Waals surface area contributed by atoms with Crippen LogP contribution in [0.5, 0.6) is 0 Å². The molecule has 0 aliphatic heterocycles. The molecule has 7 heteroatoms. The summed E-state index contributed by atoms with van der Waals surface area (Å²) in [5.41, 5.74) is 1.20. The highest BCUT2D eigenvalue weighted by Gasteiger charge is 2.26. The van der Waals surface area contributed by atoms with Crippen molar-refractivity contribution in [2.24, 2.45) is 5.92 Å². The summed E-state index contributed by atoms with van der Waals surface area (Å²) in [6.45, 7) is 3.57. The fourth-order valence-electron chi connectivity index (χ4n) is 2.95. The number of carbonyl (C=O) groups excluding carboxylic acids is 2. The maximum absolute atomic E-state index is 13.6. The molecular formula is C19H19F2NO3S. The van der Waals surface area contributed by atoms with Crippen molar-refractivity contribution in [1.29, 1.82) is 0 Å². The van der Waals surface area contributed by atoms with E-state index in [9.17, 15) is 18.4 Å². The predicted octanol–water partition coefficient (Wildman–Crippen LogP) is 4.34. The minimum absolute atomic E-state index is 0.292. The number of halogens is 2. The molecule has 1 N–H and O–H groups in total. The van der Waals surface area contributed by atoms with Crippen LogP contribution in [-0.4, -0.2) is 18.0 Å². The van der Waals surface area contributed by atoms with Crippen molar-refractivity contribution in [3.8, 4) is 0 Å². The molecule has 3 rings (SSSR count). The minimum Gasteiger partial charge on any atom is -0.449 e. The fourth-order valence-corrected chi connectivity index (χ4v) is 4.19. The maximum atomic E-state index is 13.6. The zero-order valence-corrected chi connectivity index (χ0v) is 15.3. The van der Waals surface area contributed by atoms with Gasteiger partial charge in [-0.3, -0.25) is 4.79 Å². The summed E-state index contributed by atoms with van der Waals surface area (Å²) in [5, 5.41) is 4.01. The molecule has 0 saturated heterocycles. The average Bonchev–Trinajstić information content (AvgIpc) is 3.01. The van der Waals surface area contributed by atoms with E-state index < -0.39 is 29.6 Å². The van der Waals surface area contributed by atoms with Gasteiger partial charge < -0.3 is 10.1 Å². The number of anilines is 1. The molecule has 2 unspecified atom stereocenters. The van der Waals surface area contributed by atoms with E-state index in [0.717, 1.165) is 43.0 Å². The molecule has 138 valence electrons. The number of rotatable bonds is 4. The van der Waals surface area contributed by atoms with Crippen LogP contribution in [0.25, 0.3) is 0 Å². The zero-order valence-electron chi connectivity index (χ0n) is 14.5. The monoisotopic (exact) mass is 379 g/mol. The lowest BCUT2D eigenvalue weighted by Crippen LogP contribution is -2.30. The number of esters is 1. The van der Waals surface area contributed by atoms with Gasteiger partial charge in [-0.25, -0.2) is 13.6 Å². The molecule has 1 aliphatic carbocycles. The molecule has 1 aromatic heterocycles. The normalized spacial score (nSPS) is 17.3. The molecule has 1 aliphatic rings. The van der Waals surface area contributed by atoms with Crippen LogP contribution in [0.1, 0.15) is 41.1 Å². The van der Waals surface area contributed by atoms with Crippen LogP contribution in [0.15, 0.2) is 23.6 Å². The van der Waals surface area contributed by atoms with Gasteiger partial charge in [0.1, 0.15) is 11.6 Å². The highest BCUT2D eigenvalue weighted by Crippen LogP contribution is 2.33. The number of hydrogen-bond donors (Lipinski definition) is 1. The van der Waals surface area contributed by atoms with Gasteiger partial charge in [0.2, 0.25) is 0 Å². The first-order valence-electron chi connectivity index (χ1n) is 8.41. The predicted molar refractivity (Wildman–Crippen MR) is 95.4 cm³/mol. The Morgan fingerprint density at radius 1 is 1.35 bits per heavy atom. The highest BCUT2D eigenvalue weighted by molar-refractivity contribution is 7.10. The van der Waals surface area contributed by atoms with Gasteiger partial charge in [-0.2, -0.15) is 0 Å². The molecule has 0 radical (unpaired) electrons. The zero-order chi connectivity index (χ0) is 18.8. The number of carbonyl (C=O) groups is 2. The Balaban J connectivity index is 1.66. The molecule has 2 aromatic rings. The van der Waals surface area contributed by atoms with Crippen molar-refractivity contribution in [3.63, 3.8) is 0 Å². The smallest absolute Gasteiger partial charge is 0.340 e. The van der Waals surface area contributed by atoms with E-state index in [1.165, 1.54) is 23.1 Å². The fraction of sp³-hybridized carbons (Fsp3) is 0.368. The topological polar surface area (TPSA) is 55.4 Å². The quantitative estimate of drug-likeness (QED) is 0.805. The van der Waals surface area contributed by atoms with Gasteiger partial charge in [0.25, 0.3) is 5.91 Å². The second-order valence-electron chi connectivity index (χ2n) is 6.56. The van der Waals surface area contributed by atoms with E-state index >= 15 is 0 Å². The largest absolute Gasteiger partial charge is 0.449 e. The minimum atomic E-state index is -1.14. The van der Waals surface area contributed by atoms with E-state index in [-0.39, 0.29) is 5.69 Å². The first-order valence-corrected chi connectivity index (χ1v) is 9.29. The first-order chi connectivity index (χ1) is 12.3. The number of nitrogens with one attached hydrogen (secondary N) is 1. The van der Waals surface area contributed by atoms with Crippen molar-refractivity contribution in [1.82, 2.24) is 0 Å². The standard InChI is InChI=1S/C19H19F2NO3S/c1-10-3-5-13-14(9-26-17(13)7-10)19(24)25-11(2)18(23)22-16-8-12(20)4-6-15(16)21/h4,6,8-11H,3,5,7H2,1-2H3,(H,22,23). The molecule has 1 aromatic carbocycles. The van der Waals surface area contributed by atoms with Gasteiger partial charge in [0, 0.05) is 16.3 Å². The number of ether oxygens (including phenoxy) is 1. The second-order valence-corrected chi connectivity index (χ2v) is 7.52. The summed E-state index contributed by atoms with van der Waals surface area (Å²) in [4.78, 5) is 25.7. The molecular weight excluding hydrogens is 360 g/mol. The lowest BCUT2D eigenvalue weighted by atomic mass is 9.88. The number of benzene rings is 1. The molecule has 1 heterocycles. The lowest BCUT2D eigenvalue weighted by molar-refractivity contribution is -0.123. The summed E-state index contributed by atoms with van der Waals surface area (Å²) in [7, 11) is 0. The van der Waals surface area contributed by atoms with Crippen molar-refractivity contribution < 1.29 is 23.1 Å². The van der Waals surface area contributed by atoms with Gasteiger partial charge in [-0.1, -0.05) is 6.92 Å². The molecule has 0 spiro atoms. The Kier molecular flexibility index (Phi) is 5.36. The Labute approximate surface area is 154 Å². The second kappa shape index (κ2) is 7.53. The lowest BCUT2D eigenvalue weighted by Gasteiger charge is -2.19.